The van der Waals surface area contributed by atoms with Gasteiger partial charge in [-0.05, 0) is 6.42 Å². The largest absolute Gasteiger partial charge is 0.480 e. The highest BCUT2D eigenvalue weighted by Crippen LogP contribution is 1.95. The van der Waals surface area contributed by atoms with E-state index in [1.54, 1.807) is 0 Å². The average molecular weight is 210 g/mol. The van der Waals surface area contributed by atoms with Crippen molar-refractivity contribution >= 4 is 12.0 Å². The van der Waals surface area contributed by atoms with E-state index in [0.717, 1.165) is 0 Å². The number of carbonyl (C=O) groups excluding carboxylic acids is 1. The summed E-state index contributed by atoms with van der Waals surface area (Å²) in [4.78, 5) is 23.2. The summed E-state index contributed by atoms with van der Waals surface area (Å²) in [6.07, 6.45) is 6.61. The van der Waals surface area contributed by atoms with Gasteiger partial charge < -0.3 is 15.3 Å². The van der Waals surface area contributed by atoms with Crippen LogP contribution in [0.3, 0.4) is 0 Å². The molecule has 0 aliphatic rings. The number of hydrogen-bond acceptors (Lipinski definition) is 2. The van der Waals surface area contributed by atoms with Crippen LogP contribution in [0.1, 0.15) is 6.42 Å². The maximum absolute atomic E-state index is 11.3. The van der Waals surface area contributed by atoms with E-state index in [4.69, 9.17) is 11.5 Å². The Morgan fingerprint density at radius 3 is 2.73 bits per heavy atom. The Kier molecular flexibility index (Phi) is 5.64. The molecule has 1 atom stereocenters. The Hall–Kier alpha value is -1.96. The van der Waals surface area contributed by atoms with Crippen LogP contribution >= 0.6 is 0 Å². The molecule has 0 aromatic carbocycles. The Balaban J connectivity index is 4.29. The molecule has 2 amide bonds. The average Bonchev–Trinajstić information content (AvgIpc) is 2.17. The summed E-state index contributed by atoms with van der Waals surface area (Å²) in [6.45, 7) is 3.54. The van der Waals surface area contributed by atoms with E-state index >= 15 is 0 Å². The number of carboxylic acid groups (broad SMARTS) is 1. The number of carboxylic acids is 1. The van der Waals surface area contributed by atoms with E-state index in [1.165, 1.54) is 18.0 Å². The molecule has 0 fully saturated rings. The highest BCUT2D eigenvalue weighted by molar-refractivity contribution is 5.82. The zero-order valence-electron chi connectivity index (χ0n) is 8.56. The van der Waals surface area contributed by atoms with E-state index in [-0.39, 0.29) is 13.0 Å². The summed E-state index contributed by atoms with van der Waals surface area (Å²) >= 11 is 0. The standard InChI is InChI=1S/C10H14N2O3/c1-4-6-8(9(13)14)11-10(15)12(3)7-5-2/h2,4,8H,1,6-7H2,3H3,(H,11,15)(H,13,14). The summed E-state index contributed by atoms with van der Waals surface area (Å²) < 4.78 is 0. The first-order valence-corrected chi connectivity index (χ1v) is 4.31. The number of nitrogens with one attached hydrogen (secondary N) is 1. The van der Waals surface area contributed by atoms with Crippen molar-refractivity contribution in [1.82, 2.24) is 10.2 Å². The summed E-state index contributed by atoms with van der Waals surface area (Å²) in [5, 5.41) is 11.1. The van der Waals surface area contributed by atoms with Crippen LogP contribution in [-0.2, 0) is 4.79 Å². The minimum absolute atomic E-state index is 0.131. The third-order valence-corrected chi connectivity index (χ3v) is 1.67. The van der Waals surface area contributed by atoms with Crippen LogP contribution in [-0.4, -0.2) is 41.6 Å². The molecule has 1 unspecified atom stereocenters. The fourth-order valence-electron chi connectivity index (χ4n) is 0.856. The third kappa shape index (κ3) is 4.72. The number of hydrogen-bond donors (Lipinski definition) is 2. The fourth-order valence-corrected chi connectivity index (χ4v) is 0.856. The van der Waals surface area contributed by atoms with Gasteiger partial charge in [-0.2, -0.15) is 0 Å². The Labute approximate surface area is 88.8 Å². The number of urea groups is 1. The number of carbonyl (C=O) groups is 2. The van der Waals surface area contributed by atoms with Gasteiger partial charge in [0.25, 0.3) is 0 Å². The summed E-state index contributed by atoms with van der Waals surface area (Å²) in [5.41, 5.74) is 0. The fraction of sp³-hybridized carbons (Fsp3) is 0.400. The lowest BCUT2D eigenvalue weighted by Crippen LogP contribution is -2.46. The molecule has 5 nitrogen and oxygen atoms in total. The van der Waals surface area contributed by atoms with Crippen LogP contribution in [0.2, 0.25) is 0 Å². The van der Waals surface area contributed by atoms with Crippen molar-refractivity contribution in [2.75, 3.05) is 13.6 Å². The van der Waals surface area contributed by atoms with Crippen LogP contribution in [0.25, 0.3) is 0 Å². The zero-order valence-corrected chi connectivity index (χ0v) is 8.56. The first-order valence-electron chi connectivity index (χ1n) is 4.31. The lowest BCUT2D eigenvalue weighted by atomic mass is 10.2. The number of rotatable bonds is 5. The molecule has 82 valence electrons. The monoisotopic (exact) mass is 210 g/mol. The molecule has 15 heavy (non-hydrogen) atoms. The SMILES string of the molecule is C#CCN(C)C(=O)NC(CC=C)C(=O)O. The molecule has 2 N–H and O–H groups in total. The second-order valence-electron chi connectivity index (χ2n) is 2.92. The molecule has 0 saturated carbocycles. The molecule has 0 bridgehead atoms. The van der Waals surface area contributed by atoms with E-state index in [2.05, 4.69) is 17.8 Å². The second kappa shape index (κ2) is 6.49. The maximum atomic E-state index is 11.3. The smallest absolute Gasteiger partial charge is 0.326 e. The molecule has 0 rings (SSSR count). The molecular weight excluding hydrogens is 196 g/mol. The van der Waals surface area contributed by atoms with Gasteiger partial charge >= 0.3 is 12.0 Å². The van der Waals surface area contributed by atoms with Crippen molar-refractivity contribution in [3.63, 3.8) is 0 Å². The number of amides is 2. The van der Waals surface area contributed by atoms with Crippen molar-refractivity contribution in [2.45, 2.75) is 12.5 Å². The van der Waals surface area contributed by atoms with Crippen molar-refractivity contribution in [1.29, 1.82) is 0 Å². The minimum Gasteiger partial charge on any atom is -0.480 e. The van der Waals surface area contributed by atoms with Gasteiger partial charge in [0.15, 0.2) is 0 Å². The van der Waals surface area contributed by atoms with Crippen LogP contribution in [0.4, 0.5) is 4.79 Å². The highest BCUT2D eigenvalue weighted by atomic mass is 16.4. The van der Waals surface area contributed by atoms with Crippen molar-refractivity contribution < 1.29 is 14.7 Å². The molecular formula is C10H14N2O3. The molecule has 0 heterocycles. The summed E-state index contributed by atoms with van der Waals surface area (Å²) in [5.74, 6) is 1.18. The number of nitrogens with zero attached hydrogens (tertiary/aromatic N) is 1. The van der Waals surface area contributed by atoms with E-state index in [9.17, 15) is 9.59 Å². The topological polar surface area (TPSA) is 69.6 Å². The molecule has 0 aliphatic heterocycles. The van der Waals surface area contributed by atoms with E-state index in [0.29, 0.717) is 0 Å². The first-order chi connectivity index (χ1) is 7.02. The molecule has 5 heteroatoms. The van der Waals surface area contributed by atoms with Crippen LogP contribution in [0.5, 0.6) is 0 Å². The highest BCUT2D eigenvalue weighted by Gasteiger charge is 2.19. The quantitative estimate of drug-likeness (QED) is 0.506. The molecule has 0 aromatic heterocycles. The summed E-state index contributed by atoms with van der Waals surface area (Å²) in [7, 11) is 1.49. The van der Waals surface area contributed by atoms with Gasteiger partial charge in [0.1, 0.15) is 6.04 Å². The Bertz CT molecular complexity index is 294. The van der Waals surface area contributed by atoms with Gasteiger partial charge in [0.05, 0.1) is 6.54 Å². The van der Waals surface area contributed by atoms with Gasteiger partial charge in [-0.3, -0.25) is 0 Å². The van der Waals surface area contributed by atoms with Gasteiger partial charge in [0.2, 0.25) is 0 Å². The van der Waals surface area contributed by atoms with Crippen molar-refractivity contribution in [2.24, 2.45) is 0 Å². The minimum atomic E-state index is -1.10. The molecule has 0 aliphatic carbocycles. The predicted molar refractivity (Wildman–Crippen MR) is 56.2 cm³/mol. The van der Waals surface area contributed by atoms with Gasteiger partial charge in [0, 0.05) is 7.05 Å². The van der Waals surface area contributed by atoms with E-state index in [1.807, 2.05) is 0 Å². The van der Waals surface area contributed by atoms with Crippen LogP contribution in [0.15, 0.2) is 12.7 Å². The predicted octanol–water partition coefficient (Wildman–Crippen LogP) is 0.290. The molecule has 0 spiro atoms. The van der Waals surface area contributed by atoms with Gasteiger partial charge in [-0.1, -0.05) is 12.0 Å². The van der Waals surface area contributed by atoms with Gasteiger partial charge in [-0.15, -0.1) is 13.0 Å². The van der Waals surface area contributed by atoms with Crippen LogP contribution < -0.4 is 5.32 Å². The second-order valence-corrected chi connectivity index (χ2v) is 2.92. The van der Waals surface area contributed by atoms with Crippen LogP contribution in [0, 0.1) is 12.3 Å². The van der Waals surface area contributed by atoms with Crippen molar-refractivity contribution in [3.8, 4) is 12.3 Å². The Morgan fingerprint density at radius 1 is 1.73 bits per heavy atom. The first kappa shape index (κ1) is 13.0. The van der Waals surface area contributed by atoms with Crippen molar-refractivity contribution in [3.05, 3.63) is 12.7 Å². The van der Waals surface area contributed by atoms with E-state index < -0.39 is 18.0 Å². The van der Waals surface area contributed by atoms with Gasteiger partial charge in [-0.25, -0.2) is 9.59 Å². The number of terminal acetylenes is 1. The molecule has 0 saturated heterocycles. The molecule has 0 radical (unpaired) electrons. The lowest BCUT2D eigenvalue weighted by Gasteiger charge is -2.18. The normalized spacial score (nSPS) is 10.9. The number of aliphatic carboxylic acids is 1. The Morgan fingerprint density at radius 2 is 2.33 bits per heavy atom. The third-order valence-electron chi connectivity index (χ3n) is 1.67. The lowest BCUT2D eigenvalue weighted by molar-refractivity contribution is -0.139. The molecule has 0 aromatic rings. The zero-order chi connectivity index (χ0) is 11.8. The maximum Gasteiger partial charge on any atom is 0.326 e. The summed E-state index contributed by atoms with van der Waals surface area (Å²) in [6, 6.07) is -1.47.